The maximum atomic E-state index is 4.76. The minimum Gasteiger partial charge on any atom is -0.275 e. The number of hydrogen-bond acceptors (Lipinski definition) is 2. The van der Waals surface area contributed by atoms with Crippen LogP contribution in [0.25, 0.3) is 0 Å². The van der Waals surface area contributed by atoms with Crippen molar-refractivity contribution in [2.45, 2.75) is 24.6 Å². The van der Waals surface area contributed by atoms with Crippen molar-refractivity contribution >= 4 is 33.4 Å². The number of nitrogens with zero attached hydrogens (tertiary/aromatic N) is 1. The summed E-state index contributed by atoms with van der Waals surface area (Å²) < 4.78 is 1.13. The number of rotatable bonds is 2. The molecule has 0 saturated carbocycles. The first-order chi connectivity index (χ1) is 7.29. The van der Waals surface area contributed by atoms with Crippen molar-refractivity contribution in [1.82, 2.24) is 0 Å². The summed E-state index contributed by atoms with van der Waals surface area (Å²) in [6.07, 6.45) is 5.75. The van der Waals surface area contributed by atoms with Crippen LogP contribution in [-0.2, 0) is 0 Å². The van der Waals surface area contributed by atoms with Gasteiger partial charge in [0.05, 0.1) is 5.37 Å². The first kappa shape index (κ1) is 11.2. The van der Waals surface area contributed by atoms with Gasteiger partial charge in [0.15, 0.2) is 0 Å². The molecule has 0 amide bonds. The van der Waals surface area contributed by atoms with Gasteiger partial charge in [-0.2, -0.15) is 0 Å². The van der Waals surface area contributed by atoms with E-state index in [2.05, 4.69) is 46.5 Å². The summed E-state index contributed by atoms with van der Waals surface area (Å²) in [6, 6.07) is 8.46. The molecule has 0 fully saturated rings. The predicted octanol–water partition coefficient (Wildman–Crippen LogP) is 4.11. The molecule has 0 spiro atoms. The SMILES string of the molecule is CSC1CCCC(c2ccc(Br)cc2)=N1. The summed E-state index contributed by atoms with van der Waals surface area (Å²) in [4.78, 5) is 4.76. The Hall–Kier alpha value is -0.280. The van der Waals surface area contributed by atoms with Crippen LogP contribution >= 0.6 is 27.7 Å². The second kappa shape index (κ2) is 5.17. The molecule has 0 aromatic heterocycles. The molecule has 1 aliphatic heterocycles. The highest BCUT2D eigenvalue weighted by Gasteiger charge is 2.14. The predicted molar refractivity (Wildman–Crippen MR) is 71.8 cm³/mol. The summed E-state index contributed by atoms with van der Waals surface area (Å²) in [5, 5.41) is 0.470. The van der Waals surface area contributed by atoms with Gasteiger partial charge in [-0.05, 0) is 43.2 Å². The van der Waals surface area contributed by atoms with Gasteiger partial charge in [0.1, 0.15) is 0 Å². The van der Waals surface area contributed by atoms with Crippen LogP contribution in [0.1, 0.15) is 24.8 Å². The molecule has 0 saturated heterocycles. The van der Waals surface area contributed by atoms with Crippen molar-refractivity contribution in [3.8, 4) is 0 Å². The summed E-state index contributed by atoms with van der Waals surface area (Å²) in [5.74, 6) is 0. The number of thioether (sulfide) groups is 1. The van der Waals surface area contributed by atoms with E-state index in [1.807, 2.05) is 11.8 Å². The van der Waals surface area contributed by atoms with Gasteiger partial charge in [-0.3, -0.25) is 4.99 Å². The molecule has 1 nitrogen and oxygen atoms in total. The van der Waals surface area contributed by atoms with Gasteiger partial charge >= 0.3 is 0 Å². The Morgan fingerprint density at radius 1 is 1.33 bits per heavy atom. The molecular formula is C12H14BrNS. The van der Waals surface area contributed by atoms with E-state index in [4.69, 9.17) is 4.99 Å². The molecule has 2 rings (SSSR count). The zero-order chi connectivity index (χ0) is 10.7. The second-order valence-electron chi connectivity index (χ2n) is 3.67. The Kier molecular flexibility index (Phi) is 3.87. The molecule has 1 heterocycles. The fourth-order valence-corrected chi connectivity index (χ4v) is 2.68. The lowest BCUT2D eigenvalue weighted by molar-refractivity contribution is 0.704. The molecule has 0 bridgehead atoms. The minimum atomic E-state index is 0.470. The monoisotopic (exact) mass is 283 g/mol. The second-order valence-corrected chi connectivity index (χ2v) is 5.60. The molecule has 3 heteroatoms. The van der Waals surface area contributed by atoms with Crippen LogP contribution in [0.15, 0.2) is 33.7 Å². The van der Waals surface area contributed by atoms with Crippen LogP contribution in [0.4, 0.5) is 0 Å². The van der Waals surface area contributed by atoms with Crippen molar-refractivity contribution in [3.63, 3.8) is 0 Å². The molecule has 0 N–H and O–H groups in total. The number of halogens is 1. The molecule has 1 aromatic rings. The lowest BCUT2D eigenvalue weighted by Gasteiger charge is -2.18. The maximum Gasteiger partial charge on any atom is 0.0952 e. The molecule has 1 aliphatic rings. The summed E-state index contributed by atoms with van der Waals surface area (Å²) in [7, 11) is 0. The first-order valence-corrected chi connectivity index (χ1v) is 7.23. The van der Waals surface area contributed by atoms with Gasteiger partial charge < -0.3 is 0 Å². The van der Waals surface area contributed by atoms with E-state index in [9.17, 15) is 0 Å². The van der Waals surface area contributed by atoms with Gasteiger partial charge in [-0.15, -0.1) is 11.8 Å². The smallest absolute Gasteiger partial charge is 0.0952 e. The van der Waals surface area contributed by atoms with E-state index in [0.717, 1.165) is 10.9 Å². The van der Waals surface area contributed by atoms with Gasteiger partial charge in [0.25, 0.3) is 0 Å². The molecule has 0 radical (unpaired) electrons. The fourth-order valence-electron chi connectivity index (χ4n) is 1.78. The topological polar surface area (TPSA) is 12.4 Å². The summed E-state index contributed by atoms with van der Waals surface area (Å²) >= 11 is 5.30. The van der Waals surface area contributed by atoms with E-state index in [1.165, 1.54) is 24.1 Å². The first-order valence-electron chi connectivity index (χ1n) is 5.15. The van der Waals surface area contributed by atoms with Crippen LogP contribution < -0.4 is 0 Å². The Balaban J connectivity index is 2.22. The van der Waals surface area contributed by atoms with Crippen molar-refractivity contribution in [2.24, 2.45) is 4.99 Å². The standard InChI is InChI=1S/C12H14BrNS/c1-15-12-4-2-3-11(14-12)9-5-7-10(13)8-6-9/h5-8,12H,2-4H2,1H3. The van der Waals surface area contributed by atoms with E-state index < -0.39 is 0 Å². The van der Waals surface area contributed by atoms with E-state index in [1.54, 1.807) is 0 Å². The molecule has 1 atom stereocenters. The van der Waals surface area contributed by atoms with E-state index in [-0.39, 0.29) is 0 Å². The molecule has 1 unspecified atom stereocenters. The third-order valence-corrected chi connectivity index (χ3v) is 4.03. The summed E-state index contributed by atoms with van der Waals surface area (Å²) in [5.41, 5.74) is 2.55. The Morgan fingerprint density at radius 3 is 2.73 bits per heavy atom. The molecular weight excluding hydrogens is 270 g/mol. The Morgan fingerprint density at radius 2 is 2.07 bits per heavy atom. The maximum absolute atomic E-state index is 4.76. The largest absolute Gasteiger partial charge is 0.275 e. The fraction of sp³-hybridized carbons (Fsp3) is 0.417. The number of aliphatic imine (C=N–C) groups is 1. The van der Waals surface area contributed by atoms with Crippen molar-refractivity contribution in [2.75, 3.05) is 6.26 Å². The van der Waals surface area contributed by atoms with Crippen LogP contribution in [0.5, 0.6) is 0 Å². The molecule has 15 heavy (non-hydrogen) atoms. The van der Waals surface area contributed by atoms with Crippen LogP contribution in [0, 0.1) is 0 Å². The third kappa shape index (κ3) is 2.85. The normalized spacial score (nSPS) is 21.2. The number of hydrogen-bond donors (Lipinski definition) is 0. The quantitative estimate of drug-likeness (QED) is 0.796. The highest BCUT2D eigenvalue weighted by Crippen LogP contribution is 2.24. The van der Waals surface area contributed by atoms with Gasteiger partial charge in [0.2, 0.25) is 0 Å². The molecule has 0 aliphatic carbocycles. The molecule has 1 aromatic carbocycles. The lowest BCUT2D eigenvalue weighted by Crippen LogP contribution is -2.13. The van der Waals surface area contributed by atoms with Gasteiger partial charge in [0, 0.05) is 10.2 Å². The van der Waals surface area contributed by atoms with Crippen molar-refractivity contribution in [1.29, 1.82) is 0 Å². The van der Waals surface area contributed by atoms with Gasteiger partial charge in [-0.25, -0.2) is 0 Å². The molecule has 80 valence electrons. The summed E-state index contributed by atoms with van der Waals surface area (Å²) in [6.45, 7) is 0. The zero-order valence-electron chi connectivity index (χ0n) is 8.74. The Bertz CT molecular complexity index is 358. The lowest BCUT2D eigenvalue weighted by atomic mass is 10.0. The van der Waals surface area contributed by atoms with Gasteiger partial charge in [-0.1, -0.05) is 28.1 Å². The number of benzene rings is 1. The van der Waals surface area contributed by atoms with Crippen LogP contribution in [0.2, 0.25) is 0 Å². The van der Waals surface area contributed by atoms with Crippen molar-refractivity contribution < 1.29 is 0 Å². The average Bonchev–Trinajstić information content (AvgIpc) is 2.30. The van der Waals surface area contributed by atoms with Crippen LogP contribution in [0.3, 0.4) is 0 Å². The third-order valence-electron chi connectivity index (χ3n) is 2.61. The van der Waals surface area contributed by atoms with Crippen LogP contribution in [-0.4, -0.2) is 17.3 Å². The average molecular weight is 284 g/mol. The highest BCUT2D eigenvalue weighted by molar-refractivity contribution is 9.10. The van der Waals surface area contributed by atoms with E-state index >= 15 is 0 Å². The highest BCUT2D eigenvalue weighted by atomic mass is 79.9. The van der Waals surface area contributed by atoms with Crippen molar-refractivity contribution in [3.05, 3.63) is 34.3 Å². The minimum absolute atomic E-state index is 0.470. The zero-order valence-corrected chi connectivity index (χ0v) is 11.1. The van der Waals surface area contributed by atoms with E-state index in [0.29, 0.717) is 5.37 Å². The Labute approximate surface area is 104 Å².